The van der Waals surface area contributed by atoms with Crippen LogP contribution in [0.1, 0.15) is 52.9 Å². The third kappa shape index (κ3) is 3.94. The molecule has 0 saturated heterocycles. The van der Waals surface area contributed by atoms with Crippen molar-refractivity contribution in [2.24, 2.45) is 11.8 Å². The average Bonchev–Trinajstić information content (AvgIpc) is 2.36. The Bertz CT molecular complexity index is 206. The second-order valence-electron chi connectivity index (χ2n) is 5.96. The molecule has 17 heavy (non-hydrogen) atoms. The molecule has 3 nitrogen and oxygen atoms in total. The van der Waals surface area contributed by atoms with Crippen molar-refractivity contribution < 1.29 is 10.2 Å². The topological polar surface area (TPSA) is 52.5 Å². The van der Waals surface area contributed by atoms with E-state index < -0.39 is 5.54 Å². The van der Waals surface area contributed by atoms with Crippen LogP contribution in [0, 0.1) is 11.8 Å². The fourth-order valence-corrected chi connectivity index (χ4v) is 2.86. The van der Waals surface area contributed by atoms with Gasteiger partial charge in [0, 0.05) is 6.04 Å². The molecular weight excluding hydrogens is 214 g/mol. The van der Waals surface area contributed by atoms with Crippen LogP contribution < -0.4 is 5.32 Å². The summed E-state index contributed by atoms with van der Waals surface area (Å²) in [4.78, 5) is 0. The number of rotatable bonds is 6. The lowest BCUT2D eigenvalue weighted by Gasteiger charge is -2.39. The third-order valence-corrected chi connectivity index (χ3v) is 4.45. The predicted octanol–water partition coefficient (Wildman–Crippen LogP) is 1.92. The molecule has 0 heterocycles. The second-order valence-corrected chi connectivity index (χ2v) is 5.96. The van der Waals surface area contributed by atoms with Crippen molar-refractivity contribution in [1.82, 2.24) is 5.32 Å². The predicted molar refractivity (Wildman–Crippen MR) is 70.9 cm³/mol. The molecule has 1 aliphatic carbocycles. The number of hydrogen-bond donors (Lipinski definition) is 3. The van der Waals surface area contributed by atoms with Crippen LogP contribution in [0.3, 0.4) is 0 Å². The Hall–Kier alpha value is -0.120. The van der Waals surface area contributed by atoms with Crippen LogP contribution in [0.15, 0.2) is 0 Å². The summed E-state index contributed by atoms with van der Waals surface area (Å²) in [6.07, 6.45) is 5.71. The van der Waals surface area contributed by atoms with E-state index in [1.807, 2.05) is 6.92 Å². The van der Waals surface area contributed by atoms with E-state index in [0.29, 0.717) is 6.04 Å². The van der Waals surface area contributed by atoms with E-state index in [-0.39, 0.29) is 13.2 Å². The summed E-state index contributed by atoms with van der Waals surface area (Å²) in [7, 11) is 0. The van der Waals surface area contributed by atoms with Crippen molar-refractivity contribution >= 4 is 0 Å². The minimum atomic E-state index is -0.483. The molecule has 3 heteroatoms. The van der Waals surface area contributed by atoms with Crippen molar-refractivity contribution in [3.8, 4) is 0 Å². The van der Waals surface area contributed by atoms with Crippen molar-refractivity contribution in [3.63, 3.8) is 0 Å². The van der Waals surface area contributed by atoms with Crippen LogP contribution in [0.25, 0.3) is 0 Å². The van der Waals surface area contributed by atoms with Gasteiger partial charge in [0.2, 0.25) is 0 Å². The van der Waals surface area contributed by atoms with Gasteiger partial charge >= 0.3 is 0 Å². The first-order valence-corrected chi connectivity index (χ1v) is 7.06. The Kier molecular flexibility index (Phi) is 5.90. The van der Waals surface area contributed by atoms with Gasteiger partial charge < -0.3 is 15.5 Å². The van der Waals surface area contributed by atoms with Gasteiger partial charge in [0.25, 0.3) is 0 Å². The molecule has 1 rings (SSSR count). The van der Waals surface area contributed by atoms with Crippen molar-refractivity contribution in [2.75, 3.05) is 13.2 Å². The lowest BCUT2D eigenvalue weighted by atomic mass is 9.78. The molecule has 1 fully saturated rings. The zero-order chi connectivity index (χ0) is 12.9. The maximum Gasteiger partial charge on any atom is 0.0647 e. The van der Waals surface area contributed by atoms with Gasteiger partial charge in [-0.3, -0.25) is 0 Å². The van der Waals surface area contributed by atoms with Gasteiger partial charge in [-0.2, -0.15) is 0 Å². The van der Waals surface area contributed by atoms with E-state index in [4.69, 9.17) is 0 Å². The standard InChI is InChI=1S/C14H29NO2/c1-4-14(9-16,10-17)15-13-7-5-6-12(8-13)11(2)3/h11-13,15-17H,4-10H2,1-3H3. The first-order chi connectivity index (χ1) is 8.06. The Morgan fingerprint density at radius 3 is 2.35 bits per heavy atom. The van der Waals surface area contributed by atoms with Crippen LogP contribution in [0.2, 0.25) is 0 Å². The highest BCUT2D eigenvalue weighted by atomic mass is 16.3. The Labute approximate surface area is 106 Å². The van der Waals surface area contributed by atoms with Crippen LogP contribution in [0.4, 0.5) is 0 Å². The summed E-state index contributed by atoms with van der Waals surface area (Å²) < 4.78 is 0. The average molecular weight is 243 g/mol. The smallest absolute Gasteiger partial charge is 0.0647 e. The molecule has 1 saturated carbocycles. The Morgan fingerprint density at radius 2 is 1.88 bits per heavy atom. The van der Waals surface area contributed by atoms with E-state index in [1.165, 1.54) is 25.7 Å². The molecule has 0 amide bonds. The Morgan fingerprint density at radius 1 is 1.24 bits per heavy atom. The molecule has 2 atom stereocenters. The monoisotopic (exact) mass is 243 g/mol. The first kappa shape index (κ1) is 14.9. The number of aliphatic hydroxyl groups excluding tert-OH is 2. The molecular formula is C14H29NO2. The van der Waals surface area contributed by atoms with Crippen LogP contribution in [-0.4, -0.2) is 35.0 Å². The van der Waals surface area contributed by atoms with Gasteiger partial charge in [0.05, 0.1) is 18.8 Å². The summed E-state index contributed by atoms with van der Waals surface area (Å²) in [5.74, 6) is 1.52. The quantitative estimate of drug-likeness (QED) is 0.668. The van der Waals surface area contributed by atoms with E-state index in [9.17, 15) is 10.2 Å². The summed E-state index contributed by atoms with van der Waals surface area (Å²) in [6, 6.07) is 0.454. The van der Waals surface area contributed by atoms with Gasteiger partial charge in [-0.05, 0) is 31.1 Å². The highest BCUT2D eigenvalue weighted by Crippen LogP contribution is 2.31. The largest absolute Gasteiger partial charge is 0.394 e. The van der Waals surface area contributed by atoms with Gasteiger partial charge in [0.1, 0.15) is 0 Å². The zero-order valence-corrected chi connectivity index (χ0v) is 11.6. The highest BCUT2D eigenvalue weighted by molar-refractivity contribution is 4.91. The third-order valence-electron chi connectivity index (χ3n) is 4.45. The number of aliphatic hydroxyl groups is 2. The molecule has 0 bridgehead atoms. The second kappa shape index (κ2) is 6.72. The number of nitrogens with one attached hydrogen (secondary N) is 1. The molecule has 0 aliphatic heterocycles. The molecule has 0 radical (unpaired) electrons. The zero-order valence-electron chi connectivity index (χ0n) is 11.6. The molecule has 1 aliphatic rings. The van der Waals surface area contributed by atoms with Crippen LogP contribution >= 0.6 is 0 Å². The van der Waals surface area contributed by atoms with E-state index in [2.05, 4.69) is 19.2 Å². The molecule has 3 N–H and O–H groups in total. The molecule has 0 aromatic rings. The fraction of sp³-hybridized carbons (Fsp3) is 1.00. The maximum atomic E-state index is 9.46. The van der Waals surface area contributed by atoms with Crippen LogP contribution in [0.5, 0.6) is 0 Å². The minimum absolute atomic E-state index is 0.0167. The molecule has 0 spiro atoms. The highest BCUT2D eigenvalue weighted by Gasteiger charge is 2.32. The lowest BCUT2D eigenvalue weighted by molar-refractivity contribution is 0.0657. The molecule has 0 aromatic carbocycles. The maximum absolute atomic E-state index is 9.46. The first-order valence-electron chi connectivity index (χ1n) is 7.06. The molecule has 2 unspecified atom stereocenters. The van der Waals surface area contributed by atoms with Crippen molar-refractivity contribution in [1.29, 1.82) is 0 Å². The molecule has 102 valence electrons. The van der Waals surface area contributed by atoms with E-state index in [0.717, 1.165) is 18.3 Å². The van der Waals surface area contributed by atoms with Gasteiger partial charge in [-0.25, -0.2) is 0 Å². The summed E-state index contributed by atoms with van der Waals surface area (Å²) in [6.45, 7) is 6.63. The summed E-state index contributed by atoms with van der Waals surface area (Å²) in [5, 5.41) is 22.4. The van der Waals surface area contributed by atoms with E-state index in [1.54, 1.807) is 0 Å². The van der Waals surface area contributed by atoms with Gasteiger partial charge in [-0.1, -0.05) is 33.6 Å². The van der Waals surface area contributed by atoms with Gasteiger partial charge in [0.15, 0.2) is 0 Å². The summed E-state index contributed by atoms with van der Waals surface area (Å²) >= 11 is 0. The van der Waals surface area contributed by atoms with Gasteiger partial charge in [-0.15, -0.1) is 0 Å². The molecule has 0 aromatic heterocycles. The number of hydrogen-bond acceptors (Lipinski definition) is 3. The lowest BCUT2D eigenvalue weighted by Crippen LogP contribution is -2.56. The van der Waals surface area contributed by atoms with Crippen molar-refractivity contribution in [3.05, 3.63) is 0 Å². The fourth-order valence-electron chi connectivity index (χ4n) is 2.86. The summed E-state index contributed by atoms with van der Waals surface area (Å²) in [5.41, 5.74) is -0.483. The normalized spacial score (nSPS) is 26.5. The Balaban J connectivity index is 2.55. The van der Waals surface area contributed by atoms with Crippen molar-refractivity contribution in [2.45, 2.75) is 64.5 Å². The SMILES string of the molecule is CCC(CO)(CO)NC1CCCC(C(C)C)C1. The van der Waals surface area contributed by atoms with E-state index >= 15 is 0 Å². The minimum Gasteiger partial charge on any atom is -0.394 e. The van der Waals surface area contributed by atoms with Crippen LogP contribution in [-0.2, 0) is 0 Å².